The molecule has 0 bridgehead atoms. The molecule has 2 aromatic rings. The Morgan fingerprint density at radius 3 is 2.73 bits per heavy atom. The van der Waals surface area contributed by atoms with Gasteiger partial charge >= 0.3 is 0 Å². The van der Waals surface area contributed by atoms with E-state index in [1.165, 1.54) is 0 Å². The van der Waals surface area contributed by atoms with E-state index < -0.39 is 0 Å². The van der Waals surface area contributed by atoms with Crippen LogP contribution < -0.4 is 5.73 Å². The minimum absolute atomic E-state index is 0.161. The monoisotopic (exact) mass is 201 g/mol. The van der Waals surface area contributed by atoms with Crippen molar-refractivity contribution in [3.8, 4) is 11.3 Å². The van der Waals surface area contributed by atoms with Crippen LogP contribution in [0.25, 0.3) is 11.3 Å². The maximum absolute atomic E-state index is 5.72. The first-order chi connectivity index (χ1) is 7.25. The zero-order valence-electron chi connectivity index (χ0n) is 8.77. The van der Waals surface area contributed by atoms with E-state index in [4.69, 9.17) is 5.73 Å². The number of nitrogens with one attached hydrogen (secondary N) is 1. The van der Waals surface area contributed by atoms with Crippen LogP contribution in [0.1, 0.15) is 12.6 Å². The lowest BCUT2D eigenvalue weighted by atomic mass is 10.1. The van der Waals surface area contributed by atoms with Gasteiger partial charge in [0.2, 0.25) is 0 Å². The van der Waals surface area contributed by atoms with Gasteiger partial charge in [0.1, 0.15) is 0 Å². The third kappa shape index (κ3) is 2.44. The molecule has 15 heavy (non-hydrogen) atoms. The quantitative estimate of drug-likeness (QED) is 0.797. The predicted molar refractivity (Wildman–Crippen MR) is 61.4 cm³/mol. The van der Waals surface area contributed by atoms with Gasteiger partial charge in [-0.05, 0) is 13.0 Å². The van der Waals surface area contributed by atoms with E-state index in [1.54, 1.807) is 0 Å². The molecular formula is C12H15N3. The van der Waals surface area contributed by atoms with Gasteiger partial charge in [0.05, 0.1) is 5.69 Å². The van der Waals surface area contributed by atoms with E-state index in [2.05, 4.69) is 16.3 Å². The molecule has 3 nitrogen and oxygen atoms in total. The molecule has 0 saturated heterocycles. The first-order valence-corrected chi connectivity index (χ1v) is 5.11. The zero-order valence-corrected chi connectivity index (χ0v) is 8.77. The second-order valence-corrected chi connectivity index (χ2v) is 3.83. The van der Waals surface area contributed by atoms with E-state index in [0.717, 1.165) is 23.4 Å². The van der Waals surface area contributed by atoms with Crippen LogP contribution in [0, 0.1) is 0 Å². The summed E-state index contributed by atoms with van der Waals surface area (Å²) in [5.74, 6) is 0. The van der Waals surface area contributed by atoms with Crippen molar-refractivity contribution in [2.75, 3.05) is 0 Å². The fourth-order valence-corrected chi connectivity index (χ4v) is 1.57. The molecule has 78 valence electrons. The Labute approximate surface area is 89.3 Å². The van der Waals surface area contributed by atoms with Crippen molar-refractivity contribution in [1.29, 1.82) is 0 Å². The van der Waals surface area contributed by atoms with E-state index in [1.807, 2.05) is 37.3 Å². The molecule has 0 aliphatic heterocycles. The summed E-state index contributed by atoms with van der Waals surface area (Å²) in [6.45, 7) is 1.99. The maximum atomic E-state index is 5.72. The van der Waals surface area contributed by atoms with Gasteiger partial charge < -0.3 is 5.73 Å². The molecule has 0 aliphatic rings. The lowest BCUT2D eigenvalue weighted by Gasteiger charge is -1.99. The predicted octanol–water partition coefficient (Wildman–Crippen LogP) is 1.97. The Kier molecular flexibility index (Phi) is 2.83. The van der Waals surface area contributed by atoms with Crippen LogP contribution in [0.2, 0.25) is 0 Å². The lowest BCUT2D eigenvalue weighted by molar-refractivity contribution is 0.719. The van der Waals surface area contributed by atoms with Crippen LogP contribution in [0.3, 0.4) is 0 Å². The summed E-state index contributed by atoms with van der Waals surface area (Å²) < 4.78 is 0. The third-order valence-corrected chi connectivity index (χ3v) is 2.24. The van der Waals surface area contributed by atoms with Crippen molar-refractivity contribution in [3.63, 3.8) is 0 Å². The van der Waals surface area contributed by atoms with Crippen LogP contribution in [0.15, 0.2) is 36.4 Å². The Bertz CT molecular complexity index is 417. The van der Waals surface area contributed by atoms with Crippen LogP contribution in [0.4, 0.5) is 0 Å². The van der Waals surface area contributed by atoms with Crippen LogP contribution >= 0.6 is 0 Å². The molecule has 3 N–H and O–H groups in total. The first-order valence-electron chi connectivity index (χ1n) is 5.11. The van der Waals surface area contributed by atoms with E-state index in [0.29, 0.717) is 0 Å². The lowest BCUT2D eigenvalue weighted by Crippen LogP contribution is -2.17. The molecular weight excluding hydrogens is 186 g/mol. The van der Waals surface area contributed by atoms with Crippen molar-refractivity contribution in [2.24, 2.45) is 5.73 Å². The van der Waals surface area contributed by atoms with E-state index in [-0.39, 0.29) is 6.04 Å². The molecule has 0 fully saturated rings. The normalized spacial score (nSPS) is 12.7. The SMILES string of the molecule is CC(N)Cc1cc(-c2ccccc2)n[nH]1. The average Bonchev–Trinajstić information content (AvgIpc) is 2.67. The molecule has 1 aromatic carbocycles. The van der Waals surface area contributed by atoms with Gasteiger partial charge in [-0.3, -0.25) is 5.10 Å². The number of benzene rings is 1. The van der Waals surface area contributed by atoms with Crippen molar-refractivity contribution in [1.82, 2.24) is 10.2 Å². The summed E-state index contributed by atoms with van der Waals surface area (Å²) in [6, 6.07) is 12.3. The fourth-order valence-electron chi connectivity index (χ4n) is 1.57. The number of hydrogen-bond acceptors (Lipinski definition) is 2. The number of nitrogens with two attached hydrogens (primary N) is 1. The summed E-state index contributed by atoms with van der Waals surface area (Å²) in [5.41, 5.74) is 8.92. The highest BCUT2D eigenvalue weighted by atomic mass is 15.1. The highest BCUT2D eigenvalue weighted by Gasteiger charge is 2.04. The van der Waals surface area contributed by atoms with Gasteiger partial charge in [0.25, 0.3) is 0 Å². The second kappa shape index (κ2) is 4.28. The molecule has 0 saturated carbocycles. The molecule has 1 atom stereocenters. The number of aromatic amines is 1. The molecule has 0 spiro atoms. The third-order valence-electron chi connectivity index (χ3n) is 2.24. The van der Waals surface area contributed by atoms with Crippen molar-refractivity contribution >= 4 is 0 Å². The molecule has 3 heteroatoms. The number of rotatable bonds is 3. The minimum Gasteiger partial charge on any atom is -0.328 e. The fraction of sp³-hybridized carbons (Fsp3) is 0.250. The summed E-state index contributed by atoms with van der Waals surface area (Å²) >= 11 is 0. The van der Waals surface area contributed by atoms with Gasteiger partial charge in [-0.15, -0.1) is 0 Å². The van der Waals surface area contributed by atoms with Crippen molar-refractivity contribution in [2.45, 2.75) is 19.4 Å². The van der Waals surface area contributed by atoms with E-state index >= 15 is 0 Å². The average molecular weight is 201 g/mol. The van der Waals surface area contributed by atoms with Crippen LogP contribution in [0.5, 0.6) is 0 Å². The topological polar surface area (TPSA) is 54.7 Å². The molecule has 0 amide bonds. The van der Waals surface area contributed by atoms with Gasteiger partial charge in [0, 0.05) is 23.7 Å². The number of nitrogens with zero attached hydrogens (tertiary/aromatic N) is 1. The van der Waals surface area contributed by atoms with Gasteiger partial charge in [-0.1, -0.05) is 30.3 Å². The van der Waals surface area contributed by atoms with Crippen molar-refractivity contribution < 1.29 is 0 Å². The smallest absolute Gasteiger partial charge is 0.0923 e. The van der Waals surface area contributed by atoms with Gasteiger partial charge in [-0.2, -0.15) is 5.10 Å². The largest absolute Gasteiger partial charge is 0.328 e. The Morgan fingerprint density at radius 2 is 2.07 bits per heavy atom. The first kappa shape index (κ1) is 9.93. The Morgan fingerprint density at radius 1 is 1.33 bits per heavy atom. The number of hydrogen-bond donors (Lipinski definition) is 2. The molecule has 1 aromatic heterocycles. The summed E-state index contributed by atoms with van der Waals surface area (Å²) in [4.78, 5) is 0. The standard InChI is InChI=1S/C12H15N3/c1-9(13)7-11-8-12(15-14-11)10-5-3-2-4-6-10/h2-6,8-9H,7,13H2,1H3,(H,14,15). The molecule has 1 unspecified atom stereocenters. The number of aromatic nitrogens is 2. The maximum Gasteiger partial charge on any atom is 0.0923 e. The molecule has 0 radical (unpaired) electrons. The zero-order chi connectivity index (χ0) is 10.7. The van der Waals surface area contributed by atoms with Gasteiger partial charge in [0.15, 0.2) is 0 Å². The second-order valence-electron chi connectivity index (χ2n) is 3.83. The van der Waals surface area contributed by atoms with E-state index in [9.17, 15) is 0 Å². The molecule has 2 rings (SSSR count). The van der Waals surface area contributed by atoms with Crippen LogP contribution in [-0.4, -0.2) is 16.2 Å². The molecule has 1 heterocycles. The molecule has 0 aliphatic carbocycles. The Hall–Kier alpha value is -1.61. The summed E-state index contributed by atoms with van der Waals surface area (Å²) in [5, 5.41) is 7.26. The number of H-pyrrole nitrogens is 1. The highest BCUT2D eigenvalue weighted by Crippen LogP contribution is 2.17. The van der Waals surface area contributed by atoms with Gasteiger partial charge in [-0.25, -0.2) is 0 Å². The highest BCUT2D eigenvalue weighted by molar-refractivity contribution is 5.58. The minimum atomic E-state index is 0.161. The van der Waals surface area contributed by atoms with Crippen LogP contribution in [-0.2, 0) is 6.42 Å². The summed E-state index contributed by atoms with van der Waals surface area (Å²) in [6.07, 6.45) is 0.833. The Balaban J connectivity index is 2.21. The van der Waals surface area contributed by atoms with Crippen molar-refractivity contribution in [3.05, 3.63) is 42.1 Å². The summed E-state index contributed by atoms with van der Waals surface area (Å²) in [7, 11) is 0.